The lowest BCUT2D eigenvalue weighted by Crippen LogP contribution is -2.29. The number of hydrogen-bond acceptors (Lipinski definition) is 1. The summed E-state index contributed by atoms with van der Waals surface area (Å²) < 4.78 is 1.21. The highest BCUT2D eigenvalue weighted by Gasteiger charge is 2.17. The van der Waals surface area contributed by atoms with Crippen molar-refractivity contribution in [3.8, 4) is 0 Å². The van der Waals surface area contributed by atoms with Crippen LogP contribution in [0.1, 0.15) is 25.7 Å². The number of anilines is 1. The molecule has 3 heteroatoms. The maximum atomic E-state index is 11.8. The molecule has 2 rings (SSSR count). The van der Waals surface area contributed by atoms with Crippen LogP contribution in [0.3, 0.4) is 0 Å². The topological polar surface area (TPSA) is 20.3 Å². The molecule has 1 saturated heterocycles. The van der Waals surface area contributed by atoms with Crippen LogP contribution in [0.2, 0.25) is 0 Å². The molecule has 0 spiro atoms. The van der Waals surface area contributed by atoms with Gasteiger partial charge in [-0.05, 0) is 59.7 Å². The maximum absolute atomic E-state index is 11.8. The van der Waals surface area contributed by atoms with Gasteiger partial charge in [-0.15, -0.1) is 0 Å². The zero-order valence-corrected chi connectivity index (χ0v) is 10.7. The molecule has 0 saturated carbocycles. The summed E-state index contributed by atoms with van der Waals surface area (Å²) in [6.45, 7) is 0.874. The van der Waals surface area contributed by atoms with E-state index in [9.17, 15) is 4.79 Å². The third-order valence-electron chi connectivity index (χ3n) is 2.71. The third-order valence-corrected chi connectivity index (χ3v) is 3.43. The van der Waals surface area contributed by atoms with E-state index in [1.54, 1.807) is 0 Å². The minimum atomic E-state index is 0.272. The largest absolute Gasteiger partial charge is 0.312 e. The predicted octanol–water partition coefficient (Wildman–Crippen LogP) is 3.20. The van der Waals surface area contributed by atoms with Crippen molar-refractivity contribution in [2.45, 2.75) is 25.7 Å². The lowest BCUT2D eigenvalue weighted by atomic mass is 10.2. The van der Waals surface area contributed by atoms with Crippen molar-refractivity contribution in [2.24, 2.45) is 0 Å². The Bertz CT molecular complexity index is 347. The zero-order chi connectivity index (χ0) is 10.7. The molecule has 0 aliphatic carbocycles. The van der Waals surface area contributed by atoms with Gasteiger partial charge >= 0.3 is 0 Å². The number of halogens is 1. The molecule has 0 radical (unpaired) electrons. The van der Waals surface area contributed by atoms with Gasteiger partial charge < -0.3 is 4.90 Å². The first kappa shape index (κ1) is 10.9. The predicted molar refractivity (Wildman–Crippen MR) is 70.0 cm³/mol. The average Bonchev–Trinajstić information content (AvgIpc) is 2.44. The summed E-state index contributed by atoms with van der Waals surface area (Å²) in [6.07, 6.45) is 4.04. The smallest absolute Gasteiger partial charge is 0.226 e. The molecule has 1 aliphatic rings. The maximum Gasteiger partial charge on any atom is 0.226 e. The molecule has 2 nitrogen and oxygen atoms in total. The lowest BCUT2D eigenvalue weighted by Gasteiger charge is -2.20. The quantitative estimate of drug-likeness (QED) is 0.729. The van der Waals surface area contributed by atoms with E-state index in [2.05, 4.69) is 22.6 Å². The summed E-state index contributed by atoms with van der Waals surface area (Å²) in [5.41, 5.74) is 1.04. The summed E-state index contributed by atoms with van der Waals surface area (Å²) in [7, 11) is 0. The van der Waals surface area contributed by atoms with E-state index >= 15 is 0 Å². The molecule has 0 N–H and O–H groups in total. The van der Waals surface area contributed by atoms with Gasteiger partial charge in [0.1, 0.15) is 0 Å². The minimum Gasteiger partial charge on any atom is -0.312 e. The standard InChI is InChI=1S/C12H14INO/c13-10-5-7-11(8-6-10)14-9-3-1-2-4-12(14)15/h5-8H,1-4,9H2. The van der Waals surface area contributed by atoms with Gasteiger partial charge in [0.15, 0.2) is 0 Å². The van der Waals surface area contributed by atoms with Gasteiger partial charge in [-0.2, -0.15) is 0 Å². The minimum absolute atomic E-state index is 0.272. The molecule has 1 aromatic rings. The van der Waals surface area contributed by atoms with Crippen LogP contribution in [-0.4, -0.2) is 12.5 Å². The van der Waals surface area contributed by atoms with E-state index in [0.29, 0.717) is 6.42 Å². The molecule has 0 bridgehead atoms. The van der Waals surface area contributed by atoms with E-state index < -0.39 is 0 Å². The fraction of sp³-hybridized carbons (Fsp3) is 0.417. The number of nitrogens with zero attached hydrogens (tertiary/aromatic N) is 1. The van der Waals surface area contributed by atoms with Gasteiger partial charge in [0.2, 0.25) is 5.91 Å². The number of amides is 1. The molecular formula is C12H14INO. The average molecular weight is 315 g/mol. The van der Waals surface area contributed by atoms with Crippen molar-refractivity contribution >= 4 is 34.2 Å². The highest BCUT2D eigenvalue weighted by Crippen LogP contribution is 2.21. The number of rotatable bonds is 1. The van der Waals surface area contributed by atoms with Crippen LogP contribution in [0.25, 0.3) is 0 Å². The summed E-state index contributed by atoms with van der Waals surface area (Å²) >= 11 is 2.28. The van der Waals surface area contributed by atoms with E-state index in [-0.39, 0.29) is 5.91 Å². The van der Waals surface area contributed by atoms with Gasteiger partial charge in [0, 0.05) is 22.2 Å². The van der Waals surface area contributed by atoms with Gasteiger partial charge in [-0.3, -0.25) is 4.79 Å². The molecule has 0 atom stereocenters. The normalized spacial score (nSPS) is 17.7. The Hall–Kier alpha value is -0.580. The van der Waals surface area contributed by atoms with E-state index in [0.717, 1.165) is 25.1 Å². The lowest BCUT2D eigenvalue weighted by molar-refractivity contribution is -0.118. The molecule has 80 valence electrons. The Labute approximate surface area is 104 Å². The molecule has 0 unspecified atom stereocenters. The number of benzene rings is 1. The second-order valence-corrected chi connectivity index (χ2v) is 5.08. The van der Waals surface area contributed by atoms with Crippen molar-refractivity contribution < 1.29 is 4.79 Å². The van der Waals surface area contributed by atoms with Gasteiger partial charge in [0.25, 0.3) is 0 Å². The van der Waals surface area contributed by atoms with Crippen molar-refractivity contribution in [3.63, 3.8) is 0 Å². The van der Waals surface area contributed by atoms with E-state index in [1.165, 1.54) is 9.99 Å². The van der Waals surface area contributed by atoms with Crippen LogP contribution >= 0.6 is 22.6 Å². The molecular weight excluding hydrogens is 301 g/mol. The second kappa shape index (κ2) is 4.96. The van der Waals surface area contributed by atoms with E-state index in [1.807, 2.05) is 29.2 Å². The molecule has 0 aromatic heterocycles. The summed E-state index contributed by atoms with van der Waals surface area (Å²) in [5, 5.41) is 0. The van der Waals surface area contributed by atoms with Gasteiger partial charge in [-0.25, -0.2) is 0 Å². The first-order valence-electron chi connectivity index (χ1n) is 5.33. The number of hydrogen-bond donors (Lipinski definition) is 0. The SMILES string of the molecule is O=C1CCCCCN1c1ccc(I)cc1. The fourth-order valence-corrected chi connectivity index (χ4v) is 2.24. The number of carbonyl (C=O) groups excluding carboxylic acids is 1. The highest BCUT2D eigenvalue weighted by molar-refractivity contribution is 14.1. The Morgan fingerprint density at radius 1 is 1.07 bits per heavy atom. The van der Waals surface area contributed by atoms with Crippen LogP contribution in [0.4, 0.5) is 5.69 Å². The second-order valence-electron chi connectivity index (χ2n) is 3.83. The van der Waals surface area contributed by atoms with Crippen LogP contribution < -0.4 is 4.90 Å². The molecule has 15 heavy (non-hydrogen) atoms. The summed E-state index contributed by atoms with van der Waals surface area (Å²) in [6, 6.07) is 8.16. The van der Waals surface area contributed by atoms with Crippen LogP contribution in [0.15, 0.2) is 24.3 Å². The monoisotopic (exact) mass is 315 g/mol. The zero-order valence-electron chi connectivity index (χ0n) is 8.58. The van der Waals surface area contributed by atoms with Gasteiger partial charge in [-0.1, -0.05) is 6.42 Å². The fourth-order valence-electron chi connectivity index (χ4n) is 1.88. The molecule has 1 fully saturated rings. The Kier molecular flexibility index (Phi) is 3.61. The first-order chi connectivity index (χ1) is 7.27. The van der Waals surface area contributed by atoms with Crippen LogP contribution in [0.5, 0.6) is 0 Å². The molecule has 1 amide bonds. The number of carbonyl (C=O) groups is 1. The Morgan fingerprint density at radius 2 is 1.80 bits per heavy atom. The summed E-state index contributed by atoms with van der Waals surface area (Å²) in [4.78, 5) is 13.7. The van der Waals surface area contributed by atoms with Crippen molar-refractivity contribution in [1.82, 2.24) is 0 Å². The first-order valence-corrected chi connectivity index (χ1v) is 6.41. The Balaban J connectivity index is 2.20. The summed E-state index contributed by atoms with van der Waals surface area (Å²) in [5.74, 6) is 0.272. The molecule has 1 heterocycles. The third kappa shape index (κ3) is 2.71. The van der Waals surface area contributed by atoms with Crippen LogP contribution in [0, 0.1) is 3.57 Å². The van der Waals surface area contributed by atoms with Crippen molar-refractivity contribution in [1.29, 1.82) is 0 Å². The van der Waals surface area contributed by atoms with Crippen molar-refractivity contribution in [2.75, 3.05) is 11.4 Å². The van der Waals surface area contributed by atoms with Crippen LogP contribution in [-0.2, 0) is 4.79 Å². The Morgan fingerprint density at radius 3 is 2.53 bits per heavy atom. The van der Waals surface area contributed by atoms with Gasteiger partial charge in [0.05, 0.1) is 0 Å². The highest BCUT2D eigenvalue weighted by atomic mass is 127. The molecule has 1 aliphatic heterocycles. The van der Waals surface area contributed by atoms with E-state index in [4.69, 9.17) is 0 Å². The molecule has 1 aromatic carbocycles. The van der Waals surface area contributed by atoms with Crippen molar-refractivity contribution in [3.05, 3.63) is 27.8 Å².